The fourth-order valence-electron chi connectivity index (χ4n) is 1.13. The topological polar surface area (TPSA) is 70.8 Å². The van der Waals surface area contributed by atoms with Crippen molar-refractivity contribution in [2.24, 2.45) is 0 Å². The number of hydrogen-bond acceptors (Lipinski definition) is 5. The Morgan fingerprint density at radius 3 is 3.13 bits per heavy atom. The number of hydrogen-bond donors (Lipinski definition) is 1. The molecule has 0 bridgehead atoms. The minimum absolute atomic E-state index is 0.525. The number of anilines is 1. The Bertz CT molecular complexity index is 334. The second-order valence-electron chi connectivity index (χ2n) is 3.03. The van der Waals surface area contributed by atoms with E-state index >= 15 is 0 Å². The maximum atomic E-state index is 8.78. The molecule has 0 aromatic carbocycles. The van der Waals surface area contributed by atoms with Crippen LogP contribution in [-0.4, -0.2) is 30.5 Å². The summed E-state index contributed by atoms with van der Waals surface area (Å²) in [7, 11) is 1.68. The van der Waals surface area contributed by atoms with Gasteiger partial charge in [0, 0.05) is 20.3 Å². The van der Waals surface area contributed by atoms with E-state index in [9.17, 15) is 0 Å². The van der Waals surface area contributed by atoms with E-state index in [1.54, 1.807) is 13.2 Å². The van der Waals surface area contributed by atoms with Crippen molar-refractivity contribution in [3.8, 4) is 6.07 Å². The van der Waals surface area contributed by atoms with Crippen LogP contribution in [-0.2, 0) is 4.74 Å². The Labute approximate surface area is 89.1 Å². The SMILES string of the molecule is COCCCCNc1nnccc1C#N. The molecule has 0 aliphatic rings. The van der Waals surface area contributed by atoms with Gasteiger partial charge in [-0.25, -0.2) is 0 Å². The van der Waals surface area contributed by atoms with Gasteiger partial charge in [-0.3, -0.25) is 0 Å². The van der Waals surface area contributed by atoms with Gasteiger partial charge in [0.2, 0.25) is 0 Å². The van der Waals surface area contributed by atoms with Crippen LogP contribution in [0.15, 0.2) is 12.3 Å². The van der Waals surface area contributed by atoms with E-state index in [1.165, 1.54) is 6.20 Å². The minimum Gasteiger partial charge on any atom is -0.385 e. The summed E-state index contributed by atoms with van der Waals surface area (Å²) in [6.45, 7) is 1.53. The third-order valence-electron chi connectivity index (χ3n) is 1.91. The summed E-state index contributed by atoms with van der Waals surface area (Å²) in [6.07, 6.45) is 3.48. The lowest BCUT2D eigenvalue weighted by Crippen LogP contribution is -2.06. The fourth-order valence-corrected chi connectivity index (χ4v) is 1.13. The zero-order valence-electron chi connectivity index (χ0n) is 8.73. The molecular weight excluding hydrogens is 192 g/mol. The van der Waals surface area contributed by atoms with Gasteiger partial charge in [-0.2, -0.15) is 10.4 Å². The lowest BCUT2D eigenvalue weighted by Gasteiger charge is -2.05. The summed E-state index contributed by atoms with van der Waals surface area (Å²) in [5.41, 5.74) is 0.525. The second-order valence-corrected chi connectivity index (χ2v) is 3.03. The van der Waals surface area contributed by atoms with Gasteiger partial charge in [0.15, 0.2) is 5.82 Å². The van der Waals surface area contributed by atoms with Crippen molar-refractivity contribution in [2.75, 3.05) is 25.6 Å². The van der Waals surface area contributed by atoms with Crippen LogP contribution >= 0.6 is 0 Å². The van der Waals surface area contributed by atoms with Crippen molar-refractivity contribution < 1.29 is 4.74 Å². The van der Waals surface area contributed by atoms with Crippen LogP contribution in [0, 0.1) is 11.3 Å². The average Bonchev–Trinajstić information content (AvgIpc) is 2.29. The summed E-state index contributed by atoms with van der Waals surface area (Å²) in [4.78, 5) is 0. The van der Waals surface area contributed by atoms with Crippen LogP contribution in [0.5, 0.6) is 0 Å². The third kappa shape index (κ3) is 3.92. The molecule has 0 fully saturated rings. The van der Waals surface area contributed by atoms with Gasteiger partial charge in [-0.15, -0.1) is 5.10 Å². The summed E-state index contributed by atoms with van der Waals surface area (Å²) >= 11 is 0. The first kappa shape index (κ1) is 11.4. The largest absolute Gasteiger partial charge is 0.385 e. The predicted octanol–water partition coefficient (Wildman–Crippen LogP) is 1.19. The highest BCUT2D eigenvalue weighted by Gasteiger charge is 2.01. The molecule has 0 saturated heterocycles. The number of aromatic nitrogens is 2. The normalized spacial score (nSPS) is 9.60. The van der Waals surface area contributed by atoms with E-state index in [4.69, 9.17) is 10.00 Å². The lowest BCUT2D eigenvalue weighted by atomic mass is 10.3. The molecule has 0 radical (unpaired) electrons. The van der Waals surface area contributed by atoms with Crippen LogP contribution in [0.4, 0.5) is 5.82 Å². The molecule has 1 aromatic heterocycles. The van der Waals surface area contributed by atoms with E-state index in [1.807, 2.05) is 0 Å². The van der Waals surface area contributed by atoms with E-state index in [0.29, 0.717) is 11.4 Å². The summed E-state index contributed by atoms with van der Waals surface area (Å²) < 4.78 is 4.93. The molecule has 5 heteroatoms. The van der Waals surface area contributed by atoms with Crippen molar-refractivity contribution >= 4 is 5.82 Å². The standard InChI is InChI=1S/C10H14N4O/c1-15-7-3-2-5-12-10-9(8-11)4-6-13-14-10/h4,6H,2-3,5,7H2,1H3,(H,12,14). The Morgan fingerprint density at radius 2 is 2.40 bits per heavy atom. The number of nitriles is 1. The number of unbranched alkanes of at least 4 members (excludes halogenated alkanes) is 1. The molecule has 1 heterocycles. The molecule has 0 aliphatic carbocycles. The zero-order valence-corrected chi connectivity index (χ0v) is 8.73. The Hall–Kier alpha value is -1.67. The van der Waals surface area contributed by atoms with Crippen LogP contribution in [0.2, 0.25) is 0 Å². The van der Waals surface area contributed by atoms with Gasteiger partial charge in [-0.1, -0.05) is 0 Å². The van der Waals surface area contributed by atoms with Crippen molar-refractivity contribution in [1.82, 2.24) is 10.2 Å². The van der Waals surface area contributed by atoms with Crippen molar-refractivity contribution in [1.29, 1.82) is 5.26 Å². The lowest BCUT2D eigenvalue weighted by molar-refractivity contribution is 0.194. The Morgan fingerprint density at radius 1 is 1.53 bits per heavy atom. The van der Waals surface area contributed by atoms with Crippen molar-refractivity contribution in [3.05, 3.63) is 17.8 Å². The first-order valence-corrected chi connectivity index (χ1v) is 4.83. The summed E-state index contributed by atoms with van der Waals surface area (Å²) in [5.74, 6) is 0.553. The zero-order chi connectivity index (χ0) is 10.9. The molecule has 80 valence electrons. The van der Waals surface area contributed by atoms with Crippen LogP contribution in [0.3, 0.4) is 0 Å². The first-order chi connectivity index (χ1) is 7.38. The van der Waals surface area contributed by atoms with Crippen molar-refractivity contribution in [3.63, 3.8) is 0 Å². The molecule has 1 aromatic rings. The maximum Gasteiger partial charge on any atom is 0.166 e. The van der Waals surface area contributed by atoms with E-state index in [2.05, 4.69) is 21.6 Å². The molecule has 0 aliphatic heterocycles. The molecule has 0 unspecified atom stereocenters. The van der Waals surface area contributed by atoms with Crippen LogP contribution in [0.1, 0.15) is 18.4 Å². The molecule has 0 spiro atoms. The molecular formula is C10H14N4O. The van der Waals surface area contributed by atoms with Gasteiger partial charge >= 0.3 is 0 Å². The molecule has 1 rings (SSSR count). The van der Waals surface area contributed by atoms with Gasteiger partial charge in [0.25, 0.3) is 0 Å². The smallest absolute Gasteiger partial charge is 0.166 e. The number of nitrogens with zero attached hydrogens (tertiary/aromatic N) is 3. The third-order valence-corrected chi connectivity index (χ3v) is 1.91. The van der Waals surface area contributed by atoms with E-state index < -0.39 is 0 Å². The van der Waals surface area contributed by atoms with Gasteiger partial charge in [0.05, 0.1) is 11.8 Å². The second kappa shape index (κ2) is 6.74. The maximum absolute atomic E-state index is 8.78. The number of ether oxygens (including phenoxy) is 1. The molecule has 5 nitrogen and oxygen atoms in total. The highest BCUT2D eigenvalue weighted by Crippen LogP contribution is 2.07. The van der Waals surface area contributed by atoms with Gasteiger partial charge < -0.3 is 10.1 Å². The van der Waals surface area contributed by atoms with E-state index in [-0.39, 0.29) is 0 Å². The number of methoxy groups -OCH3 is 1. The molecule has 15 heavy (non-hydrogen) atoms. The highest BCUT2D eigenvalue weighted by molar-refractivity contribution is 5.49. The fraction of sp³-hybridized carbons (Fsp3) is 0.500. The minimum atomic E-state index is 0.525. The molecule has 0 amide bonds. The van der Waals surface area contributed by atoms with Crippen LogP contribution < -0.4 is 5.32 Å². The average molecular weight is 206 g/mol. The number of rotatable bonds is 6. The first-order valence-electron chi connectivity index (χ1n) is 4.83. The predicted molar refractivity (Wildman–Crippen MR) is 56.3 cm³/mol. The molecule has 0 saturated carbocycles. The Balaban J connectivity index is 2.34. The van der Waals surface area contributed by atoms with Gasteiger partial charge in [0.1, 0.15) is 6.07 Å². The van der Waals surface area contributed by atoms with Crippen LogP contribution in [0.25, 0.3) is 0 Å². The number of nitrogens with one attached hydrogen (secondary N) is 1. The monoisotopic (exact) mass is 206 g/mol. The quantitative estimate of drug-likeness (QED) is 0.708. The summed E-state index contributed by atoms with van der Waals surface area (Å²) in [6, 6.07) is 3.70. The molecule has 1 N–H and O–H groups in total. The molecule has 0 atom stereocenters. The summed E-state index contributed by atoms with van der Waals surface area (Å²) in [5, 5.41) is 19.4. The van der Waals surface area contributed by atoms with Crippen molar-refractivity contribution in [2.45, 2.75) is 12.8 Å². The Kier molecular flexibility index (Phi) is 5.12. The van der Waals surface area contributed by atoms with Gasteiger partial charge in [-0.05, 0) is 18.9 Å². The van der Waals surface area contributed by atoms with E-state index in [0.717, 1.165) is 26.0 Å². The highest BCUT2D eigenvalue weighted by atomic mass is 16.5.